The molecule has 3 heterocycles. The molecular formula is C57H37N5. The monoisotopic (exact) mass is 791 g/mol. The number of hydrogen-bond acceptors (Lipinski definition) is 3. The Morgan fingerprint density at radius 1 is 0.226 bits per heavy atom. The summed E-state index contributed by atoms with van der Waals surface area (Å²) < 4.78 is 4.73. The minimum absolute atomic E-state index is 0.627. The molecule has 0 bridgehead atoms. The Kier molecular flexibility index (Phi) is 8.42. The minimum atomic E-state index is 0.627. The summed E-state index contributed by atoms with van der Waals surface area (Å²) in [6.45, 7) is 0. The Balaban J connectivity index is 0.937. The highest BCUT2D eigenvalue weighted by molar-refractivity contribution is 6.11. The molecular weight excluding hydrogens is 755 g/mol. The van der Waals surface area contributed by atoms with Crippen molar-refractivity contribution in [1.82, 2.24) is 24.1 Å². The van der Waals surface area contributed by atoms with Crippen molar-refractivity contribution in [3.63, 3.8) is 0 Å². The quantitative estimate of drug-likeness (QED) is 0.162. The van der Waals surface area contributed by atoms with Crippen LogP contribution in [0, 0.1) is 0 Å². The Morgan fingerprint density at radius 3 is 1.27 bits per heavy atom. The van der Waals surface area contributed by atoms with Crippen LogP contribution >= 0.6 is 0 Å². The van der Waals surface area contributed by atoms with E-state index in [2.05, 4.69) is 173 Å². The molecule has 12 rings (SSSR count). The van der Waals surface area contributed by atoms with E-state index in [1.165, 1.54) is 43.7 Å². The van der Waals surface area contributed by atoms with Gasteiger partial charge in [-0.05, 0) is 76.9 Å². The van der Waals surface area contributed by atoms with Crippen molar-refractivity contribution in [3.05, 3.63) is 224 Å². The molecule has 0 saturated heterocycles. The van der Waals surface area contributed by atoms with Gasteiger partial charge in [-0.1, -0.05) is 170 Å². The van der Waals surface area contributed by atoms with E-state index in [-0.39, 0.29) is 0 Å². The lowest BCUT2D eigenvalue weighted by Crippen LogP contribution is -2.01. The van der Waals surface area contributed by atoms with E-state index in [1.807, 2.05) is 60.7 Å². The lowest BCUT2D eigenvalue weighted by atomic mass is 9.98. The van der Waals surface area contributed by atoms with E-state index in [0.29, 0.717) is 17.5 Å². The van der Waals surface area contributed by atoms with Crippen LogP contribution in [0.3, 0.4) is 0 Å². The molecule has 0 aliphatic carbocycles. The maximum atomic E-state index is 5.04. The number of rotatable bonds is 7. The lowest BCUT2D eigenvalue weighted by molar-refractivity contribution is 1.07. The number of benzene rings is 9. The molecule has 5 nitrogen and oxygen atoms in total. The van der Waals surface area contributed by atoms with Gasteiger partial charge < -0.3 is 9.13 Å². The minimum Gasteiger partial charge on any atom is -0.309 e. The third-order valence-electron chi connectivity index (χ3n) is 12.0. The maximum absolute atomic E-state index is 5.04. The fraction of sp³-hybridized carbons (Fsp3) is 0. The first-order valence-corrected chi connectivity index (χ1v) is 20.9. The summed E-state index contributed by atoms with van der Waals surface area (Å²) in [4.78, 5) is 15.0. The Labute approximate surface area is 358 Å². The van der Waals surface area contributed by atoms with Crippen molar-refractivity contribution in [2.75, 3.05) is 0 Å². The predicted octanol–water partition coefficient (Wildman–Crippen LogP) is 14.4. The molecule has 0 saturated carbocycles. The molecule has 62 heavy (non-hydrogen) atoms. The van der Waals surface area contributed by atoms with E-state index >= 15 is 0 Å². The highest BCUT2D eigenvalue weighted by Crippen LogP contribution is 2.38. The topological polar surface area (TPSA) is 48.5 Å². The number of hydrogen-bond donors (Lipinski definition) is 0. The summed E-state index contributed by atoms with van der Waals surface area (Å²) in [7, 11) is 0. The van der Waals surface area contributed by atoms with Gasteiger partial charge in [0.25, 0.3) is 0 Å². The van der Waals surface area contributed by atoms with Gasteiger partial charge in [-0.3, -0.25) is 0 Å². The van der Waals surface area contributed by atoms with Crippen molar-refractivity contribution in [1.29, 1.82) is 0 Å². The van der Waals surface area contributed by atoms with Gasteiger partial charge >= 0.3 is 0 Å². The Morgan fingerprint density at radius 2 is 0.645 bits per heavy atom. The zero-order chi connectivity index (χ0) is 41.0. The number of nitrogens with zero attached hydrogens (tertiary/aromatic N) is 5. The van der Waals surface area contributed by atoms with Crippen LogP contribution in [0.4, 0.5) is 0 Å². The smallest absolute Gasteiger partial charge is 0.164 e. The second kappa shape index (κ2) is 14.7. The van der Waals surface area contributed by atoms with Crippen LogP contribution in [0.5, 0.6) is 0 Å². The molecule has 290 valence electrons. The second-order valence-corrected chi connectivity index (χ2v) is 15.7. The fourth-order valence-corrected chi connectivity index (χ4v) is 9.01. The number of aromatic nitrogens is 5. The summed E-state index contributed by atoms with van der Waals surface area (Å²) >= 11 is 0. The maximum Gasteiger partial charge on any atom is 0.164 e. The number of para-hydroxylation sites is 3. The first-order valence-electron chi connectivity index (χ1n) is 20.9. The largest absolute Gasteiger partial charge is 0.309 e. The fourth-order valence-electron chi connectivity index (χ4n) is 9.01. The molecule has 5 heteroatoms. The van der Waals surface area contributed by atoms with Crippen molar-refractivity contribution in [2.24, 2.45) is 0 Å². The van der Waals surface area contributed by atoms with Gasteiger partial charge in [0, 0.05) is 49.6 Å². The third kappa shape index (κ3) is 6.06. The molecule has 0 N–H and O–H groups in total. The van der Waals surface area contributed by atoms with Gasteiger partial charge in [-0.2, -0.15) is 0 Å². The Hall–Kier alpha value is -8.41. The summed E-state index contributed by atoms with van der Waals surface area (Å²) in [6, 6.07) is 79.4. The third-order valence-corrected chi connectivity index (χ3v) is 12.0. The molecule has 0 atom stereocenters. The van der Waals surface area contributed by atoms with Crippen LogP contribution in [0.25, 0.3) is 111 Å². The van der Waals surface area contributed by atoms with Crippen LogP contribution in [0.2, 0.25) is 0 Å². The molecule has 0 aliphatic heterocycles. The molecule has 0 amide bonds. The zero-order valence-corrected chi connectivity index (χ0v) is 33.6. The van der Waals surface area contributed by atoms with E-state index in [1.54, 1.807) is 0 Å². The van der Waals surface area contributed by atoms with Gasteiger partial charge in [0.2, 0.25) is 0 Å². The van der Waals surface area contributed by atoms with Crippen molar-refractivity contribution < 1.29 is 0 Å². The Bertz CT molecular complexity index is 3550. The SMILES string of the molecule is c1ccc(-c2nc(-c3ccccc3)nc(-c3cccc(-n4c5ccccc5c5ccc(-c6ccc(-c7ccc8c(c7)c7ccccc7n8-c7ccccc7)cc6)cc54)c3)n2)cc1. The van der Waals surface area contributed by atoms with E-state index in [0.717, 1.165) is 50.2 Å². The van der Waals surface area contributed by atoms with E-state index in [4.69, 9.17) is 15.0 Å². The normalized spacial score (nSPS) is 11.5. The molecule has 0 unspecified atom stereocenters. The number of fused-ring (bicyclic) bond motifs is 6. The highest BCUT2D eigenvalue weighted by Gasteiger charge is 2.17. The first-order chi connectivity index (χ1) is 30.7. The van der Waals surface area contributed by atoms with E-state index in [9.17, 15) is 0 Å². The van der Waals surface area contributed by atoms with Crippen molar-refractivity contribution in [2.45, 2.75) is 0 Å². The predicted molar refractivity (Wildman–Crippen MR) is 256 cm³/mol. The molecule has 9 aromatic carbocycles. The summed E-state index contributed by atoms with van der Waals surface area (Å²) in [5.74, 6) is 1.91. The van der Waals surface area contributed by atoms with Gasteiger partial charge in [0.1, 0.15) is 0 Å². The average molecular weight is 792 g/mol. The molecule has 0 aliphatic rings. The van der Waals surface area contributed by atoms with Crippen LogP contribution in [-0.4, -0.2) is 24.1 Å². The van der Waals surface area contributed by atoms with Crippen molar-refractivity contribution in [3.8, 4) is 67.8 Å². The van der Waals surface area contributed by atoms with Gasteiger partial charge in [-0.25, -0.2) is 15.0 Å². The van der Waals surface area contributed by atoms with E-state index < -0.39 is 0 Å². The molecule has 3 aromatic heterocycles. The van der Waals surface area contributed by atoms with Crippen LogP contribution in [0.15, 0.2) is 224 Å². The summed E-state index contributed by atoms with van der Waals surface area (Å²) in [6.07, 6.45) is 0. The average Bonchev–Trinajstić information content (AvgIpc) is 3.87. The van der Waals surface area contributed by atoms with Crippen molar-refractivity contribution >= 4 is 43.6 Å². The summed E-state index contributed by atoms with van der Waals surface area (Å²) in [5, 5.41) is 4.90. The first kappa shape index (κ1) is 35.5. The lowest BCUT2D eigenvalue weighted by Gasteiger charge is -2.12. The molecule has 0 spiro atoms. The molecule has 0 radical (unpaired) electrons. The van der Waals surface area contributed by atoms with Gasteiger partial charge in [0.05, 0.1) is 22.1 Å². The van der Waals surface area contributed by atoms with Crippen LogP contribution in [0.1, 0.15) is 0 Å². The van der Waals surface area contributed by atoms with Crippen LogP contribution < -0.4 is 0 Å². The standard InChI is InChI=1S/C57H37N5/c1-4-15-40(16-5-1)55-58-56(41-17-6-2-7-18-41)60-57(59-55)44-19-14-22-46(35-44)62-51-25-12-10-23-47(51)49-33-31-43(37-54(49)62)39-29-27-38(28-30-39)42-32-34-53-50(36-42)48-24-11-13-26-52(48)61(53)45-20-8-3-9-21-45/h1-37H. The van der Waals surface area contributed by atoms with Crippen LogP contribution in [-0.2, 0) is 0 Å². The molecule has 0 fully saturated rings. The zero-order valence-electron chi connectivity index (χ0n) is 33.6. The second-order valence-electron chi connectivity index (χ2n) is 15.7. The molecule has 12 aromatic rings. The highest BCUT2D eigenvalue weighted by atomic mass is 15.0. The van der Waals surface area contributed by atoms with Gasteiger partial charge in [-0.15, -0.1) is 0 Å². The van der Waals surface area contributed by atoms with Gasteiger partial charge in [0.15, 0.2) is 17.5 Å². The summed E-state index contributed by atoms with van der Waals surface area (Å²) in [5.41, 5.74) is 14.4.